The quantitative estimate of drug-likeness (QED) is 0.495. The van der Waals surface area contributed by atoms with E-state index in [4.69, 9.17) is 10.5 Å². The highest BCUT2D eigenvalue weighted by Crippen LogP contribution is 2.51. The first-order valence-corrected chi connectivity index (χ1v) is 13.1. The maximum atomic E-state index is 15.3. The molecular weight excluding hydrogens is 556 g/mol. The molecule has 3 atom stereocenters. The molecule has 2 aliphatic rings. The summed E-state index contributed by atoms with van der Waals surface area (Å²) in [6.07, 6.45) is -2.70. The zero-order valence-electron chi connectivity index (χ0n) is 21.9. The van der Waals surface area contributed by atoms with Gasteiger partial charge in [0.05, 0.1) is 31.1 Å². The van der Waals surface area contributed by atoms with Crippen LogP contribution in [0, 0.1) is 11.7 Å². The average molecular weight is 585 g/mol. The third kappa shape index (κ3) is 6.14. The Balaban J connectivity index is 1.57. The summed E-state index contributed by atoms with van der Waals surface area (Å²) in [5, 5.41) is 2.70. The second-order valence-electron chi connectivity index (χ2n) is 9.73. The standard InChI is InChI=1S/C25H28F4N6O4S/c1-14-23(2,34-22(30)40-24(14,3)21(37)35-6-8-38-9-7-35)16-10-15(4-5-17(16)26)33-20(36)18-11-32-19(12-31-18)39-13-25(27,28)29/h4-5,10-12,14H,6-9,13H2,1-3H3,(H2,30,34)(H,33,36)/t14-,23-,24-/m0/s1. The summed E-state index contributed by atoms with van der Waals surface area (Å²) in [7, 11) is 0. The van der Waals surface area contributed by atoms with Crippen LogP contribution in [-0.2, 0) is 15.1 Å². The number of anilines is 1. The van der Waals surface area contributed by atoms with Gasteiger partial charge in [0, 0.05) is 30.3 Å². The molecule has 1 aromatic heterocycles. The fourth-order valence-corrected chi connectivity index (χ4v) is 5.94. The monoisotopic (exact) mass is 584 g/mol. The normalized spacial score (nSPS) is 25.2. The molecule has 0 unspecified atom stereocenters. The summed E-state index contributed by atoms with van der Waals surface area (Å²) in [5.41, 5.74) is 5.03. The molecule has 40 heavy (non-hydrogen) atoms. The largest absolute Gasteiger partial charge is 0.467 e. The number of ether oxygens (including phenoxy) is 2. The summed E-state index contributed by atoms with van der Waals surface area (Å²) in [6.45, 7) is 5.43. The number of nitrogens with one attached hydrogen (secondary N) is 1. The molecule has 1 aromatic carbocycles. The molecule has 216 valence electrons. The maximum absolute atomic E-state index is 15.3. The first kappa shape index (κ1) is 29.5. The number of amidine groups is 1. The molecule has 0 spiro atoms. The van der Waals surface area contributed by atoms with E-state index in [9.17, 15) is 22.8 Å². The van der Waals surface area contributed by atoms with Crippen molar-refractivity contribution < 1.29 is 36.6 Å². The third-order valence-electron chi connectivity index (χ3n) is 7.07. The van der Waals surface area contributed by atoms with E-state index in [0.29, 0.717) is 26.3 Å². The summed E-state index contributed by atoms with van der Waals surface area (Å²) >= 11 is 1.14. The highest BCUT2D eigenvalue weighted by molar-refractivity contribution is 8.15. The third-order valence-corrected chi connectivity index (χ3v) is 8.32. The molecule has 10 nitrogen and oxygen atoms in total. The number of aliphatic imine (C=N–C) groups is 1. The van der Waals surface area contributed by atoms with Crippen LogP contribution in [0.2, 0.25) is 0 Å². The molecule has 2 aromatic rings. The van der Waals surface area contributed by atoms with Gasteiger partial charge in [-0.15, -0.1) is 0 Å². The number of halogens is 4. The fraction of sp³-hybridized carbons (Fsp3) is 0.480. The van der Waals surface area contributed by atoms with Gasteiger partial charge in [0.15, 0.2) is 11.8 Å². The van der Waals surface area contributed by atoms with E-state index < -0.39 is 46.6 Å². The average Bonchev–Trinajstić information content (AvgIpc) is 2.91. The molecule has 3 N–H and O–H groups in total. The van der Waals surface area contributed by atoms with Gasteiger partial charge in [0.1, 0.15) is 16.3 Å². The van der Waals surface area contributed by atoms with E-state index in [1.165, 1.54) is 12.1 Å². The number of benzene rings is 1. The Morgan fingerprint density at radius 1 is 1.23 bits per heavy atom. The van der Waals surface area contributed by atoms with Crippen LogP contribution in [0.5, 0.6) is 5.88 Å². The molecule has 0 aliphatic carbocycles. The van der Waals surface area contributed by atoms with Crippen molar-refractivity contribution in [3.8, 4) is 5.88 Å². The van der Waals surface area contributed by atoms with Gasteiger partial charge in [0.2, 0.25) is 11.8 Å². The molecule has 1 fully saturated rings. The molecular formula is C25H28F4N6O4S. The van der Waals surface area contributed by atoms with Crippen LogP contribution < -0.4 is 15.8 Å². The summed E-state index contributed by atoms with van der Waals surface area (Å²) in [5.74, 6) is -2.42. The summed E-state index contributed by atoms with van der Waals surface area (Å²) in [4.78, 5) is 40.1. The van der Waals surface area contributed by atoms with Gasteiger partial charge in [-0.25, -0.2) is 14.4 Å². The predicted octanol–water partition coefficient (Wildman–Crippen LogP) is 3.34. The number of carbonyl (C=O) groups excluding carboxylic acids is 2. The van der Waals surface area contributed by atoms with Gasteiger partial charge in [-0.1, -0.05) is 18.7 Å². The minimum atomic E-state index is -4.55. The van der Waals surface area contributed by atoms with E-state index in [1.54, 1.807) is 18.7 Å². The van der Waals surface area contributed by atoms with Crippen LogP contribution in [0.3, 0.4) is 0 Å². The highest BCUT2D eigenvalue weighted by Gasteiger charge is 2.55. The lowest BCUT2D eigenvalue weighted by Gasteiger charge is -2.48. The molecule has 2 amide bonds. The topological polar surface area (TPSA) is 132 Å². The Bertz CT molecular complexity index is 1310. The SMILES string of the molecule is C[C@@H]1[C@@](C)(C(=O)N2CCOCC2)SC(N)=N[C@]1(C)c1cc(NC(=O)c2cnc(OCC(F)(F)F)cn2)ccc1F. The van der Waals surface area contributed by atoms with Gasteiger partial charge in [0.25, 0.3) is 5.91 Å². The zero-order chi connectivity index (χ0) is 29.3. The van der Waals surface area contributed by atoms with Crippen molar-refractivity contribution in [1.82, 2.24) is 14.9 Å². The Kier molecular flexibility index (Phi) is 8.26. The van der Waals surface area contributed by atoms with E-state index in [0.717, 1.165) is 30.2 Å². The van der Waals surface area contributed by atoms with Gasteiger partial charge in [-0.3, -0.25) is 14.6 Å². The Labute approximate surface area is 231 Å². The lowest BCUT2D eigenvalue weighted by atomic mass is 9.73. The summed E-state index contributed by atoms with van der Waals surface area (Å²) < 4.78 is 61.1. The van der Waals surface area contributed by atoms with Crippen LogP contribution in [0.1, 0.15) is 36.8 Å². The van der Waals surface area contributed by atoms with Gasteiger partial charge < -0.3 is 25.4 Å². The van der Waals surface area contributed by atoms with Crippen molar-refractivity contribution >= 4 is 34.4 Å². The number of thioether (sulfide) groups is 1. The van der Waals surface area contributed by atoms with Crippen molar-refractivity contribution in [3.05, 3.63) is 47.7 Å². The number of rotatable bonds is 6. The van der Waals surface area contributed by atoms with Crippen LogP contribution in [0.4, 0.5) is 23.2 Å². The van der Waals surface area contributed by atoms with Gasteiger partial charge in [-0.05, 0) is 32.0 Å². The second-order valence-corrected chi connectivity index (χ2v) is 11.2. The van der Waals surface area contributed by atoms with Crippen LogP contribution in [-0.4, -0.2) is 75.7 Å². The minimum absolute atomic E-state index is 0.115. The number of alkyl halides is 3. The van der Waals surface area contributed by atoms with Crippen molar-refractivity contribution in [2.24, 2.45) is 16.6 Å². The minimum Gasteiger partial charge on any atom is -0.467 e. The lowest BCUT2D eigenvalue weighted by Crippen LogP contribution is -2.58. The van der Waals surface area contributed by atoms with E-state index in [2.05, 4.69) is 25.0 Å². The lowest BCUT2D eigenvalue weighted by molar-refractivity contribution is -0.154. The second kappa shape index (κ2) is 11.2. The maximum Gasteiger partial charge on any atom is 0.422 e. The number of amides is 2. The molecule has 2 aliphatic heterocycles. The molecule has 0 saturated carbocycles. The van der Waals surface area contributed by atoms with Crippen LogP contribution in [0.15, 0.2) is 35.6 Å². The molecule has 0 bridgehead atoms. The first-order valence-electron chi connectivity index (χ1n) is 12.3. The van der Waals surface area contributed by atoms with Crippen LogP contribution in [0.25, 0.3) is 0 Å². The van der Waals surface area contributed by atoms with Crippen LogP contribution >= 0.6 is 11.8 Å². The molecule has 4 rings (SSSR count). The highest BCUT2D eigenvalue weighted by atomic mass is 32.2. The van der Waals surface area contributed by atoms with Crippen molar-refractivity contribution in [2.45, 2.75) is 37.2 Å². The number of morpholine rings is 1. The van der Waals surface area contributed by atoms with Crippen molar-refractivity contribution in [2.75, 3.05) is 38.2 Å². The number of carbonyl (C=O) groups is 2. The number of nitrogens with zero attached hydrogens (tertiary/aromatic N) is 4. The van der Waals surface area contributed by atoms with Crippen molar-refractivity contribution in [3.63, 3.8) is 0 Å². The Hall–Kier alpha value is -3.46. The molecule has 15 heteroatoms. The number of nitrogens with two attached hydrogens (primary N) is 1. The van der Waals surface area contributed by atoms with E-state index >= 15 is 4.39 Å². The van der Waals surface area contributed by atoms with E-state index in [-0.39, 0.29) is 28.0 Å². The Morgan fingerprint density at radius 3 is 2.55 bits per heavy atom. The predicted molar refractivity (Wildman–Crippen MR) is 139 cm³/mol. The number of hydrogen-bond acceptors (Lipinski definition) is 9. The number of hydrogen-bond donors (Lipinski definition) is 2. The smallest absolute Gasteiger partial charge is 0.422 e. The first-order chi connectivity index (χ1) is 18.7. The van der Waals surface area contributed by atoms with E-state index in [1.807, 2.05) is 6.92 Å². The van der Waals surface area contributed by atoms with Crippen molar-refractivity contribution in [1.29, 1.82) is 0 Å². The van der Waals surface area contributed by atoms with Gasteiger partial charge in [-0.2, -0.15) is 13.2 Å². The number of aromatic nitrogens is 2. The fourth-order valence-electron chi connectivity index (χ4n) is 4.64. The summed E-state index contributed by atoms with van der Waals surface area (Å²) in [6, 6.07) is 3.91. The Morgan fingerprint density at radius 2 is 1.93 bits per heavy atom. The molecule has 1 saturated heterocycles. The van der Waals surface area contributed by atoms with Gasteiger partial charge >= 0.3 is 6.18 Å². The molecule has 0 radical (unpaired) electrons. The molecule has 3 heterocycles. The zero-order valence-corrected chi connectivity index (χ0v) is 22.7.